The van der Waals surface area contributed by atoms with Crippen molar-refractivity contribution in [3.8, 4) is 22.3 Å². The highest BCUT2D eigenvalue weighted by molar-refractivity contribution is 5.93. The Hall–Kier alpha value is -4.68. The quantitative estimate of drug-likeness (QED) is 0.139. The van der Waals surface area contributed by atoms with Gasteiger partial charge in [-0.05, 0) is 143 Å². The first-order valence-corrected chi connectivity index (χ1v) is 19.5. The maximum absolute atomic E-state index is 2.48. The molecule has 0 amide bonds. The number of allylic oxidation sites excluding steroid dienone is 4. The summed E-state index contributed by atoms with van der Waals surface area (Å²) in [7, 11) is 0. The molecule has 0 heterocycles. The molecule has 2 atom stereocenters. The van der Waals surface area contributed by atoms with Gasteiger partial charge in [-0.3, -0.25) is 0 Å². The van der Waals surface area contributed by atoms with Crippen LogP contribution in [0.15, 0.2) is 126 Å². The molecule has 5 aromatic carbocycles. The summed E-state index contributed by atoms with van der Waals surface area (Å²) in [5, 5.41) is 0. The van der Waals surface area contributed by atoms with Crippen molar-refractivity contribution in [1.29, 1.82) is 0 Å². The SMILES string of the molecule is CCCC(C)/C(C)=C(\c1cc(-c2ccc(-c3cccc4c3CCC=C4)cc2)ccc1C)c1ccccc1C1=C(C)Cc2ccccc2C1CCC. The largest absolute Gasteiger partial charge is 0.0836 e. The molecule has 51 heavy (non-hydrogen) atoms. The Labute approximate surface area is 307 Å². The monoisotopic (exact) mass is 666 g/mol. The fraction of sp³-hybridized carbons (Fsp3) is 0.294. The van der Waals surface area contributed by atoms with E-state index < -0.39 is 0 Å². The van der Waals surface area contributed by atoms with Gasteiger partial charge in [-0.2, -0.15) is 0 Å². The van der Waals surface area contributed by atoms with Crippen LogP contribution in [0, 0.1) is 12.8 Å². The van der Waals surface area contributed by atoms with Gasteiger partial charge in [0.05, 0.1) is 0 Å². The summed E-state index contributed by atoms with van der Waals surface area (Å²) in [4.78, 5) is 0. The third kappa shape index (κ3) is 6.86. The van der Waals surface area contributed by atoms with Gasteiger partial charge in [0, 0.05) is 5.92 Å². The lowest BCUT2D eigenvalue weighted by Gasteiger charge is -2.32. The molecule has 0 N–H and O–H groups in total. The first kappa shape index (κ1) is 34.8. The van der Waals surface area contributed by atoms with Gasteiger partial charge < -0.3 is 0 Å². The van der Waals surface area contributed by atoms with Crippen LogP contribution in [0.25, 0.3) is 39.5 Å². The Kier molecular flexibility index (Phi) is 10.4. The highest BCUT2D eigenvalue weighted by Gasteiger charge is 2.29. The summed E-state index contributed by atoms with van der Waals surface area (Å²) >= 11 is 0. The average Bonchev–Trinajstić information content (AvgIpc) is 3.16. The van der Waals surface area contributed by atoms with E-state index in [1.165, 1.54) is 96.3 Å². The van der Waals surface area contributed by atoms with Gasteiger partial charge in [-0.1, -0.05) is 160 Å². The van der Waals surface area contributed by atoms with Crippen LogP contribution in [0.1, 0.15) is 117 Å². The van der Waals surface area contributed by atoms with E-state index in [9.17, 15) is 0 Å². The van der Waals surface area contributed by atoms with Crippen LogP contribution in [-0.4, -0.2) is 0 Å². The number of fused-ring (bicyclic) bond motifs is 2. The first-order chi connectivity index (χ1) is 24.9. The molecule has 5 aromatic rings. The van der Waals surface area contributed by atoms with E-state index in [1.54, 1.807) is 5.57 Å². The number of benzene rings is 5. The molecule has 0 radical (unpaired) electrons. The van der Waals surface area contributed by atoms with Crippen molar-refractivity contribution in [2.75, 3.05) is 0 Å². The van der Waals surface area contributed by atoms with Crippen molar-refractivity contribution in [2.45, 2.75) is 92.4 Å². The smallest absolute Gasteiger partial charge is 0.00978 e. The normalized spacial score (nSPS) is 16.4. The predicted octanol–water partition coefficient (Wildman–Crippen LogP) is 14.5. The summed E-state index contributed by atoms with van der Waals surface area (Å²) in [5.41, 5.74) is 22.5. The van der Waals surface area contributed by atoms with Gasteiger partial charge in [0.25, 0.3) is 0 Å². The van der Waals surface area contributed by atoms with Crippen LogP contribution in [0.2, 0.25) is 0 Å². The molecule has 0 saturated carbocycles. The summed E-state index contributed by atoms with van der Waals surface area (Å²) in [5.74, 6) is 0.897. The summed E-state index contributed by atoms with van der Waals surface area (Å²) in [6, 6.07) is 41.7. The van der Waals surface area contributed by atoms with Gasteiger partial charge in [-0.15, -0.1) is 0 Å². The molecule has 258 valence electrons. The summed E-state index contributed by atoms with van der Waals surface area (Å²) in [6.07, 6.45) is 12.5. The second-order valence-electron chi connectivity index (χ2n) is 15.1. The molecule has 0 aliphatic heterocycles. The highest BCUT2D eigenvalue weighted by atomic mass is 14.3. The van der Waals surface area contributed by atoms with E-state index in [-0.39, 0.29) is 0 Å². The second-order valence-corrected chi connectivity index (χ2v) is 15.1. The molecule has 0 spiro atoms. The molecular formula is C51H54. The van der Waals surface area contributed by atoms with Crippen LogP contribution in [0.5, 0.6) is 0 Å². The number of hydrogen-bond acceptors (Lipinski definition) is 0. The Morgan fingerprint density at radius 2 is 1.45 bits per heavy atom. The molecule has 0 bridgehead atoms. The van der Waals surface area contributed by atoms with Gasteiger partial charge in [0.15, 0.2) is 0 Å². The Bertz CT molecular complexity index is 2130. The molecule has 0 heteroatoms. The van der Waals surface area contributed by atoms with Crippen molar-refractivity contribution in [1.82, 2.24) is 0 Å². The summed E-state index contributed by atoms with van der Waals surface area (Å²) < 4.78 is 0. The van der Waals surface area contributed by atoms with Crippen LogP contribution in [0.3, 0.4) is 0 Å². The number of aryl methyl sites for hydroxylation is 1. The van der Waals surface area contributed by atoms with Gasteiger partial charge in [-0.25, -0.2) is 0 Å². The standard InChI is InChI=1S/C51H54/c1-7-16-34(3)37(6)51(48-24-14-13-23-47(48)50-36(5)32-42-19-10-12-22-45(42)46(50)17-8-2)49-33-41(27-26-35(49)4)38-28-30-40(31-29-38)44-25-15-20-39-18-9-11-21-43(39)44/h9-10,12-15,18-20,22-31,33-34,46H,7-8,11,16-17,21,32H2,1-6H3/b51-37-. The lowest BCUT2D eigenvalue weighted by molar-refractivity contribution is 0.603. The lowest BCUT2D eigenvalue weighted by atomic mass is 9.72. The van der Waals surface area contributed by atoms with Crippen LogP contribution < -0.4 is 0 Å². The van der Waals surface area contributed by atoms with Crippen LogP contribution >= 0.6 is 0 Å². The maximum atomic E-state index is 2.48. The van der Waals surface area contributed by atoms with Crippen molar-refractivity contribution >= 4 is 17.2 Å². The molecule has 2 aliphatic carbocycles. The topological polar surface area (TPSA) is 0 Å². The van der Waals surface area contributed by atoms with E-state index in [0.29, 0.717) is 11.8 Å². The third-order valence-corrected chi connectivity index (χ3v) is 11.7. The highest BCUT2D eigenvalue weighted by Crippen LogP contribution is 2.48. The van der Waals surface area contributed by atoms with Gasteiger partial charge >= 0.3 is 0 Å². The number of rotatable bonds is 10. The molecule has 0 nitrogen and oxygen atoms in total. The average molecular weight is 667 g/mol. The fourth-order valence-electron chi connectivity index (χ4n) is 8.94. The second kappa shape index (κ2) is 15.3. The molecule has 2 unspecified atom stereocenters. The van der Waals surface area contributed by atoms with E-state index in [2.05, 4.69) is 163 Å². The zero-order chi connectivity index (χ0) is 35.5. The summed E-state index contributed by atoms with van der Waals surface area (Å²) in [6.45, 7) is 14.2. The lowest BCUT2D eigenvalue weighted by Crippen LogP contribution is -2.15. The number of hydrogen-bond donors (Lipinski definition) is 0. The van der Waals surface area contributed by atoms with Crippen LogP contribution in [-0.2, 0) is 12.8 Å². The molecule has 7 rings (SSSR count). The van der Waals surface area contributed by atoms with Crippen LogP contribution in [0.4, 0.5) is 0 Å². The molecule has 0 saturated heterocycles. The van der Waals surface area contributed by atoms with E-state index in [4.69, 9.17) is 0 Å². The Morgan fingerprint density at radius 1 is 0.725 bits per heavy atom. The van der Waals surface area contributed by atoms with Gasteiger partial charge in [0.1, 0.15) is 0 Å². The third-order valence-electron chi connectivity index (χ3n) is 11.7. The Balaban J connectivity index is 1.35. The minimum atomic E-state index is 0.410. The zero-order valence-corrected chi connectivity index (χ0v) is 31.7. The van der Waals surface area contributed by atoms with Crippen molar-refractivity contribution in [3.05, 3.63) is 171 Å². The van der Waals surface area contributed by atoms with Crippen molar-refractivity contribution in [2.24, 2.45) is 5.92 Å². The van der Waals surface area contributed by atoms with E-state index in [1.807, 2.05) is 0 Å². The molecule has 0 fully saturated rings. The van der Waals surface area contributed by atoms with E-state index >= 15 is 0 Å². The first-order valence-electron chi connectivity index (χ1n) is 19.5. The molecular weight excluding hydrogens is 613 g/mol. The fourth-order valence-corrected chi connectivity index (χ4v) is 8.94. The van der Waals surface area contributed by atoms with Crippen molar-refractivity contribution in [3.63, 3.8) is 0 Å². The minimum Gasteiger partial charge on any atom is -0.0836 e. The molecule has 2 aliphatic rings. The van der Waals surface area contributed by atoms with Gasteiger partial charge in [0.2, 0.25) is 0 Å². The zero-order valence-electron chi connectivity index (χ0n) is 31.7. The minimum absolute atomic E-state index is 0.410. The van der Waals surface area contributed by atoms with E-state index in [0.717, 1.165) is 32.1 Å². The van der Waals surface area contributed by atoms with Crippen molar-refractivity contribution < 1.29 is 0 Å². The molecule has 0 aromatic heterocycles. The predicted molar refractivity (Wildman–Crippen MR) is 222 cm³/mol. The maximum Gasteiger partial charge on any atom is 0.00978 e. The Morgan fingerprint density at radius 3 is 2.25 bits per heavy atom.